The van der Waals surface area contributed by atoms with Crippen molar-refractivity contribution in [2.75, 3.05) is 0 Å². The smallest absolute Gasteiger partial charge is 0.267 e. The van der Waals surface area contributed by atoms with Crippen LogP contribution in [0.5, 0.6) is 0 Å². The summed E-state index contributed by atoms with van der Waals surface area (Å²) in [4.78, 5) is 12.9. The van der Waals surface area contributed by atoms with Crippen LogP contribution in [-0.4, -0.2) is 34.5 Å². The monoisotopic (exact) mass is 220 g/mol. The van der Waals surface area contributed by atoms with Gasteiger partial charge in [0.2, 0.25) is 0 Å². The Morgan fingerprint density at radius 3 is 2.18 bits per heavy atom. The Bertz CT molecular complexity index is 311. The minimum Gasteiger partial charge on any atom is -0.310 e. The van der Waals surface area contributed by atoms with E-state index in [1.165, 1.54) is 6.07 Å². The second-order valence-corrected chi connectivity index (χ2v) is 2.80. The van der Waals surface area contributed by atoms with Crippen molar-refractivity contribution in [3.8, 4) is 0 Å². The summed E-state index contributed by atoms with van der Waals surface area (Å²) in [6, 6.07) is 1.30. The summed E-state index contributed by atoms with van der Waals surface area (Å²) in [5, 5.41) is 0.386. The van der Waals surface area contributed by atoms with Crippen molar-refractivity contribution in [1.29, 1.82) is 0 Å². The molecule has 6 heteroatoms. The Kier molecular flexibility index (Phi) is 5.10. The van der Waals surface area contributed by atoms with Crippen molar-refractivity contribution < 1.29 is 0 Å². The molecule has 1 rings (SSSR count). The van der Waals surface area contributed by atoms with E-state index in [-0.39, 0.29) is 44.8 Å². The van der Waals surface area contributed by atoms with Crippen LogP contribution in [0.15, 0.2) is 10.9 Å². The standard InChI is InChI=1S/C5H2Cl3NO.Na/c6-2-1-3(7)5(10)9-4(2)8;/h1H,(H,9,10);. The van der Waals surface area contributed by atoms with Crippen molar-refractivity contribution in [1.82, 2.24) is 4.98 Å². The van der Waals surface area contributed by atoms with E-state index in [0.29, 0.717) is 0 Å². The first kappa shape index (κ1) is 11.8. The summed E-state index contributed by atoms with van der Waals surface area (Å²) >= 11 is 16.3. The number of aromatic nitrogens is 1. The van der Waals surface area contributed by atoms with E-state index in [2.05, 4.69) is 4.98 Å². The van der Waals surface area contributed by atoms with Crippen LogP contribution in [0.1, 0.15) is 0 Å². The molecule has 11 heavy (non-hydrogen) atoms. The third-order valence-electron chi connectivity index (χ3n) is 0.903. The number of halogens is 3. The second-order valence-electron chi connectivity index (χ2n) is 1.61. The summed E-state index contributed by atoms with van der Waals surface area (Å²) in [7, 11) is 0. The van der Waals surface area contributed by atoms with E-state index >= 15 is 0 Å². The van der Waals surface area contributed by atoms with E-state index in [1.807, 2.05) is 0 Å². The molecule has 1 heterocycles. The largest absolute Gasteiger partial charge is 0.310 e. The molecule has 1 aromatic rings. The molecular weight excluding hydrogens is 219 g/mol. The molecule has 0 unspecified atom stereocenters. The zero-order chi connectivity index (χ0) is 7.72. The maximum Gasteiger partial charge on any atom is 0.267 e. The molecule has 0 aliphatic heterocycles. The molecule has 0 fully saturated rings. The first-order chi connectivity index (χ1) is 4.61. The zero-order valence-electron chi connectivity index (χ0n) is 5.62. The van der Waals surface area contributed by atoms with E-state index in [4.69, 9.17) is 34.8 Å². The maximum atomic E-state index is 10.7. The Labute approximate surface area is 100 Å². The predicted molar refractivity (Wildman–Crippen MR) is 47.8 cm³/mol. The van der Waals surface area contributed by atoms with Gasteiger partial charge in [-0.3, -0.25) is 4.79 Å². The first-order valence-electron chi connectivity index (χ1n) is 2.35. The van der Waals surface area contributed by atoms with Gasteiger partial charge in [0.1, 0.15) is 10.2 Å². The molecule has 1 N–H and O–H groups in total. The van der Waals surface area contributed by atoms with E-state index in [9.17, 15) is 4.79 Å². The molecule has 0 amide bonds. The van der Waals surface area contributed by atoms with Crippen LogP contribution in [0.4, 0.5) is 0 Å². The maximum absolute atomic E-state index is 10.7. The topological polar surface area (TPSA) is 32.9 Å². The molecule has 0 aliphatic rings. The quantitative estimate of drug-likeness (QED) is 0.527. The van der Waals surface area contributed by atoms with E-state index in [1.54, 1.807) is 0 Å². The van der Waals surface area contributed by atoms with Crippen LogP contribution in [0.25, 0.3) is 0 Å². The van der Waals surface area contributed by atoms with Gasteiger partial charge in [0.25, 0.3) is 5.56 Å². The molecule has 0 atom stereocenters. The summed E-state index contributed by atoms with van der Waals surface area (Å²) in [6.45, 7) is 0. The number of pyridine rings is 1. The third kappa shape index (κ3) is 2.98. The number of rotatable bonds is 0. The first-order valence-corrected chi connectivity index (χ1v) is 3.48. The summed E-state index contributed by atoms with van der Waals surface area (Å²) in [5.74, 6) is 0. The van der Waals surface area contributed by atoms with Crippen molar-refractivity contribution in [2.45, 2.75) is 0 Å². The van der Waals surface area contributed by atoms with E-state index in [0.717, 1.165) is 0 Å². The molecule has 0 aliphatic carbocycles. The van der Waals surface area contributed by atoms with Gasteiger partial charge in [-0.05, 0) is 6.07 Å². The Balaban J connectivity index is 0.000001000. The van der Waals surface area contributed by atoms with Crippen molar-refractivity contribution in [3.63, 3.8) is 0 Å². The fourth-order valence-electron chi connectivity index (χ4n) is 0.459. The fraction of sp³-hybridized carbons (Fsp3) is 0. The molecule has 0 aromatic carbocycles. The molecule has 55 valence electrons. The molecule has 1 radical (unpaired) electrons. The van der Waals surface area contributed by atoms with Gasteiger partial charge < -0.3 is 4.98 Å². The van der Waals surface area contributed by atoms with E-state index < -0.39 is 5.56 Å². The number of aromatic amines is 1. The summed E-state index contributed by atoms with van der Waals surface area (Å²) < 4.78 is 0. The molecule has 0 spiro atoms. The van der Waals surface area contributed by atoms with Crippen molar-refractivity contribution in [3.05, 3.63) is 31.6 Å². The summed E-state index contributed by atoms with van der Waals surface area (Å²) in [6.07, 6.45) is 0. The Morgan fingerprint density at radius 1 is 1.18 bits per heavy atom. The third-order valence-corrected chi connectivity index (χ3v) is 1.88. The molecular formula is C5H2Cl3NNaO. The van der Waals surface area contributed by atoms with Gasteiger partial charge in [-0.25, -0.2) is 0 Å². The number of nitrogens with one attached hydrogen (secondary N) is 1. The minimum absolute atomic E-state index is 0. The normalized spacial score (nSPS) is 9.00. The Hall–Kier alpha value is 0.820. The van der Waals surface area contributed by atoms with Gasteiger partial charge in [0.15, 0.2) is 0 Å². The van der Waals surface area contributed by atoms with Crippen LogP contribution in [0, 0.1) is 0 Å². The van der Waals surface area contributed by atoms with Crippen LogP contribution in [0.2, 0.25) is 15.2 Å². The van der Waals surface area contributed by atoms with Crippen molar-refractivity contribution in [2.24, 2.45) is 0 Å². The predicted octanol–water partition coefficient (Wildman–Crippen LogP) is 1.95. The summed E-state index contributed by atoms with van der Waals surface area (Å²) in [5.41, 5.74) is -0.434. The number of H-pyrrole nitrogens is 1. The van der Waals surface area contributed by atoms with Crippen LogP contribution < -0.4 is 5.56 Å². The minimum atomic E-state index is -0.434. The molecule has 1 aromatic heterocycles. The molecule has 0 bridgehead atoms. The van der Waals surface area contributed by atoms with Gasteiger partial charge in [-0.2, -0.15) is 0 Å². The van der Waals surface area contributed by atoms with Gasteiger partial charge in [-0.1, -0.05) is 34.8 Å². The van der Waals surface area contributed by atoms with Gasteiger partial charge in [0.05, 0.1) is 5.02 Å². The number of hydrogen-bond acceptors (Lipinski definition) is 1. The number of hydrogen-bond donors (Lipinski definition) is 1. The SMILES string of the molecule is O=c1[nH]c(Cl)c(Cl)cc1Cl.[Na]. The van der Waals surface area contributed by atoms with Crippen molar-refractivity contribution >= 4 is 64.4 Å². The second kappa shape index (κ2) is 4.75. The fourth-order valence-corrected chi connectivity index (χ4v) is 0.968. The van der Waals surface area contributed by atoms with Gasteiger partial charge in [0, 0.05) is 29.6 Å². The van der Waals surface area contributed by atoms with Gasteiger partial charge >= 0.3 is 0 Å². The molecule has 0 saturated heterocycles. The molecule has 0 saturated carbocycles. The average Bonchev–Trinajstić information content (AvgIpc) is 1.84. The van der Waals surface area contributed by atoms with Crippen LogP contribution in [0.3, 0.4) is 0 Å². The molecule has 2 nitrogen and oxygen atoms in total. The average molecular weight is 221 g/mol. The van der Waals surface area contributed by atoms with Crippen LogP contribution in [-0.2, 0) is 0 Å². The zero-order valence-corrected chi connectivity index (χ0v) is 9.89. The Morgan fingerprint density at radius 2 is 1.73 bits per heavy atom. The van der Waals surface area contributed by atoms with Crippen LogP contribution >= 0.6 is 34.8 Å². The van der Waals surface area contributed by atoms with Gasteiger partial charge in [-0.15, -0.1) is 0 Å².